The van der Waals surface area contributed by atoms with Gasteiger partial charge in [-0.25, -0.2) is 13.6 Å². The molecule has 1 aromatic rings. The summed E-state index contributed by atoms with van der Waals surface area (Å²) in [5.74, 6) is 0. The van der Waals surface area contributed by atoms with Crippen LogP contribution in [-0.4, -0.2) is 8.42 Å². The fraction of sp³-hybridized carbons (Fsp3) is 0.143. The van der Waals surface area contributed by atoms with E-state index in [9.17, 15) is 8.42 Å². The van der Waals surface area contributed by atoms with E-state index in [1.165, 1.54) is 12.1 Å². The zero-order valence-electron chi connectivity index (χ0n) is 7.11. The Hall–Kier alpha value is -1.27. The van der Waals surface area contributed by atoms with Gasteiger partial charge in [0.25, 0.3) is 0 Å². The Bertz CT molecular complexity index is 416. The summed E-state index contributed by atoms with van der Waals surface area (Å²) in [4.78, 5) is -0.0619. The van der Waals surface area contributed by atoms with Gasteiger partial charge in [-0.3, -0.25) is 0 Å². The Labute approximate surface area is 76.6 Å². The molecule has 0 fully saturated rings. The highest BCUT2D eigenvalue weighted by molar-refractivity contribution is 7.89. The van der Waals surface area contributed by atoms with Crippen LogP contribution >= 0.6 is 0 Å². The van der Waals surface area contributed by atoms with Crippen LogP contribution in [0.15, 0.2) is 17.0 Å². The molecule has 0 unspecified atom stereocenters. The van der Waals surface area contributed by atoms with E-state index in [1.807, 2.05) is 0 Å². The van der Waals surface area contributed by atoms with Gasteiger partial charge in [0.2, 0.25) is 10.0 Å². The normalized spacial score (nSPS) is 11.5. The molecule has 0 amide bonds. The fourth-order valence-electron chi connectivity index (χ4n) is 0.896. The van der Waals surface area contributed by atoms with Gasteiger partial charge in [0.1, 0.15) is 0 Å². The predicted molar refractivity (Wildman–Crippen MR) is 51.4 cm³/mol. The van der Waals surface area contributed by atoms with Crippen molar-refractivity contribution in [3.63, 3.8) is 0 Å². The first-order valence-corrected chi connectivity index (χ1v) is 5.05. The van der Waals surface area contributed by atoms with Crippen molar-refractivity contribution in [1.29, 1.82) is 0 Å². The molecule has 0 aliphatic rings. The standard InChI is InChI=1S/C7H11N3O2S/c1-4-6(8)2-5(3-7(4)9)13(10,11)12/h2-3H,8-9H2,1H3,(H2,10,11,12). The van der Waals surface area contributed by atoms with Crippen molar-refractivity contribution in [3.8, 4) is 0 Å². The second-order valence-corrected chi connectivity index (χ2v) is 4.33. The molecule has 0 atom stereocenters. The fourth-order valence-corrected chi connectivity index (χ4v) is 1.48. The van der Waals surface area contributed by atoms with Gasteiger partial charge in [0, 0.05) is 11.4 Å². The van der Waals surface area contributed by atoms with Crippen molar-refractivity contribution in [2.45, 2.75) is 11.8 Å². The van der Waals surface area contributed by atoms with Gasteiger partial charge in [-0.05, 0) is 24.6 Å². The zero-order valence-corrected chi connectivity index (χ0v) is 7.93. The molecule has 0 heterocycles. The van der Waals surface area contributed by atoms with Gasteiger partial charge < -0.3 is 11.5 Å². The second kappa shape index (κ2) is 2.90. The van der Waals surface area contributed by atoms with E-state index in [-0.39, 0.29) is 4.90 Å². The highest BCUT2D eigenvalue weighted by Crippen LogP contribution is 2.22. The minimum Gasteiger partial charge on any atom is -0.398 e. The molecular formula is C7H11N3O2S. The van der Waals surface area contributed by atoms with Gasteiger partial charge in [0.05, 0.1) is 4.90 Å². The minimum atomic E-state index is -3.72. The predicted octanol–water partition coefficient (Wildman–Crippen LogP) is -0.193. The zero-order chi connectivity index (χ0) is 10.2. The number of sulfonamides is 1. The molecule has 1 aromatic carbocycles. The second-order valence-electron chi connectivity index (χ2n) is 2.77. The third-order valence-electron chi connectivity index (χ3n) is 1.79. The molecule has 6 N–H and O–H groups in total. The van der Waals surface area contributed by atoms with Gasteiger partial charge in [0.15, 0.2) is 0 Å². The molecule has 5 nitrogen and oxygen atoms in total. The van der Waals surface area contributed by atoms with E-state index in [0.29, 0.717) is 16.9 Å². The molecule has 72 valence electrons. The number of nitrogen functional groups attached to an aromatic ring is 2. The Kier molecular flexibility index (Phi) is 2.19. The van der Waals surface area contributed by atoms with Crippen LogP contribution in [0.2, 0.25) is 0 Å². The lowest BCUT2D eigenvalue weighted by Crippen LogP contribution is -2.13. The molecule has 0 aliphatic heterocycles. The quantitative estimate of drug-likeness (QED) is 0.546. The van der Waals surface area contributed by atoms with Crippen LogP contribution in [0.25, 0.3) is 0 Å². The Morgan fingerprint density at radius 2 is 1.54 bits per heavy atom. The summed E-state index contributed by atoms with van der Waals surface area (Å²) in [6.45, 7) is 1.71. The summed E-state index contributed by atoms with van der Waals surface area (Å²) >= 11 is 0. The van der Waals surface area contributed by atoms with Crippen LogP contribution < -0.4 is 16.6 Å². The molecule has 13 heavy (non-hydrogen) atoms. The molecule has 0 aromatic heterocycles. The van der Waals surface area contributed by atoms with Crippen LogP contribution in [0.1, 0.15) is 5.56 Å². The lowest BCUT2D eigenvalue weighted by Gasteiger charge is -2.06. The summed E-state index contributed by atoms with van der Waals surface area (Å²) in [6.07, 6.45) is 0. The largest absolute Gasteiger partial charge is 0.398 e. The Morgan fingerprint density at radius 3 is 1.85 bits per heavy atom. The maximum Gasteiger partial charge on any atom is 0.238 e. The summed E-state index contributed by atoms with van der Waals surface area (Å²) < 4.78 is 21.8. The molecule has 0 saturated carbocycles. The van der Waals surface area contributed by atoms with Crippen LogP contribution in [-0.2, 0) is 10.0 Å². The first kappa shape index (κ1) is 9.82. The Balaban J connectivity index is 3.47. The van der Waals surface area contributed by atoms with E-state index < -0.39 is 10.0 Å². The molecule has 0 radical (unpaired) electrons. The van der Waals surface area contributed by atoms with Crippen molar-refractivity contribution >= 4 is 21.4 Å². The number of benzene rings is 1. The number of rotatable bonds is 1. The smallest absolute Gasteiger partial charge is 0.238 e. The maximum absolute atomic E-state index is 10.9. The summed E-state index contributed by atoms with van der Waals surface area (Å²) in [5, 5.41) is 4.91. The highest BCUT2D eigenvalue weighted by atomic mass is 32.2. The van der Waals surface area contributed by atoms with E-state index in [4.69, 9.17) is 16.6 Å². The first-order chi connectivity index (χ1) is 5.82. The monoisotopic (exact) mass is 201 g/mol. The average Bonchev–Trinajstić information content (AvgIpc) is 1.97. The number of nitrogens with two attached hydrogens (primary N) is 3. The number of anilines is 2. The van der Waals surface area contributed by atoms with Gasteiger partial charge >= 0.3 is 0 Å². The third-order valence-corrected chi connectivity index (χ3v) is 2.68. The van der Waals surface area contributed by atoms with E-state index >= 15 is 0 Å². The van der Waals surface area contributed by atoms with Crippen LogP contribution in [0.5, 0.6) is 0 Å². The molecular weight excluding hydrogens is 190 g/mol. The Morgan fingerprint density at radius 1 is 1.15 bits per heavy atom. The summed E-state index contributed by atoms with van der Waals surface area (Å²) in [6, 6.07) is 2.59. The highest BCUT2D eigenvalue weighted by Gasteiger charge is 2.10. The van der Waals surface area contributed by atoms with E-state index in [2.05, 4.69) is 0 Å². The summed E-state index contributed by atoms with van der Waals surface area (Å²) in [7, 11) is -3.72. The van der Waals surface area contributed by atoms with Crippen molar-refractivity contribution < 1.29 is 8.42 Å². The van der Waals surface area contributed by atoms with E-state index in [0.717, 1.165) is 0 Å². The van der Waals surface area contributed by atoms with Crippen LogP contribution in [0, 0.1) is 6.92 Å². The van der Waals surface area contributed by atoms with Gasteiger partial charge in [-0.2, -0.15) is 0 Å². The van der Waals surface area contributed by atoms with Crippen LogP contribution in [0.4, 0.5) is 11.4 Å². The first-order valence-electron chi connectivity index (χ1n) is 3.51. The molecule has 6 heteroatoms. The molecule has 0 aliphatic carbocycles. The number of primary sulfonamides is 1. The number of hydrogen-bond donors (Lipinski definition) is 3. The average molecular weight is 201 g/mol. The third kappa shape index (κ3) is 1.90. The van der Waals surface area contributed by atoms with Gasteiger partial charge in [-0.15, -0.1) is 0 Å². The van der Waals surface area contributed by atoms with Crippen molar-refractivity contribution in [2.75, 3.05) is 11.5 Å². The van der Waals surface area contributed by atoms with Gasteiger partial charge in [-0.1, -0.05) is 0 Å². The summed E-state index contributed by atoms with van der Waals surface area (Å²) in [5.41, 5.74) is 12.3. The minimum absolute atomic E-state index is 0.0619. The van der Waals surface area contributed by atoms with Crippen molar-refractivity contribution in [2.24, 2.45) is 5.14 Å². The lowest BCUT2D eigenvalue weighted by molar-refractivity contribution is 0.598. The number of hydrogen-bond acceptors (Lipinski definition) is 4. The maximum atomic E-state index is 10.9. The molecule has 0 saturated heterocycles. The van der Waals surface area contributed by atoms with Crippen molar-refractivity contribution in [1.82, 2.24) is 0 Å². The SMILES string of the molecule is Cc1c(N)cc(S(N)(=O)=O)cc1N. The molecule has 1 rings (SSSR count). The topological polar surface area (TPSA) is 112 Å². The van der Waals surface area contributed by atoms with Crippen LogP contribution in [0.3, 0.4) is 0 Å². The van der Waals surface area contributed by atoms with Crippen molar-refractivity contribution in [3.05, 3.63) is 17.7 Å². The molecule has 0 spiro atoms. The molecule has 0 bridgehead atoms. The lowest BCUT2D eigenvalue weighted by atomic mass is 10.2. The van der Waals surface area contributed by atoms with E-state index in [1.54, 1.807) is 6.92 Å².